The first-order chi connectivity index (χ1) is 4.20. The third kappa shape index (κ3) is 1.76. The van der Waals surface area contributed by atoms with Crippen LogP contribution in [-0.4, -0.2) is 4.98 Å². The molecule has 0 bridgehead atoms. The minimum absolute atomic E-state index is 0.0652. The van der Waals surface area contributed by atoms with Gasteiger partial charge in [-0.25, -0.2) is 9.37 Å². The largest absolute Gasteiger partial charge is 0.249 e. The molecule has 0 aliphatic carbocycles. The number of hydrogen-bond acceptors (Lipinski definition) is 1. The zero-order valence-electron chi connectivity index (χ0n) is 4.24. The molecule has 0 aliphatic rings. The third-order valence-electron chi connectivity index (χ3n) is 0.775. The molecule has 4 heteroatoms. The molecule has 0 fully saturated rings. The average molecular weight is 257 g/mol. The Morgan fingerprint density at radius 2 is 2.33 bits per heavy atom. The van der Waals surface area contributed by atoms with Gasteiger partial charge >= 0.3 is 0 Å². The van der Waals surface area contributed by atoms with Crippen LogP contribution in [0.5, 0.6) is 0 Å². The van der Waals surface area contributed by atoms with Gasteiger partial charge in [0.05, 0.1) is 5.02 Å². The Morgan fingerprint density at radius 1 is 1.67 bits per heavy atom. The van der Waals surface area contributed by atoms with Gasteiger partial charge in [-0.15, -0.1) is 0 Å². The number of rotatable bonds is 0. The number of halogens is 3. The number of hydrogen-bond donors (Lipinski definition) is 0. The van der Waals surface area contributed by atoms with Crippen LogP contribution in [-0.2, 0) is 0 Å². The van der Waals surface area contributed by atoms with Gasteiger partial charge in [0, 0.05) is 12.3 Å². The molecular weight excluding hydrogens is 255 g/mol. The van der Waals surface area contributed by atoms with Gasteiger partial charge < -0.3 is 0 Å². The summed E-state index contributed by atoms with van der Waals surface area (Å²) >= 11 is 7.25. The molecule has 0 atom stereocenters. The fraction of sp³-hybridized carbons (Fsp3) is 0. The summed E-state index contributed by atoms with van der Waals surface area (Å²) in [5.41, 5.74) is 0. The maximum Gasteiger partial charge on any atom is 0.145 e. The van der Waals surface area contributed by atoms with E-state index in [4.69, 9.17) is 11.6 Å². The predicted molar refractivity (Wildman–Crippen MR) is 41.9 cm³/mol. The van der Waals surface area contributed by atoms with E-state index in [0.717, 1.165) is 0 Å². The molecule has 0 saturated carbocycles. The molecule has 0 N–H and O–H groups in total. The Labute approximate surface area is 70.4 Å². The number of pyridine rings is 1. The van der Waals surface area contributed by atoms with E-state index < -0.39 is 5.82 Å². The number of nitrogens with zero attached hydrogens (tertiary/aromatic N) is 1. The second-order valence-electron chi connectivity index (χ2n) is 1.42. The Bertz CT molecular complexity index is 228. The minimum atomic E-state index is -0.420. The van der Waals surface area contributed by atoms with Gasteiger partial charge in [-0.1, -0.05) is 11.6 Å². The molecular formula is C5H2ClFIN. The SMILES string of the molecule is Fc1cc(I)ncc1Cl. The van der Waals surface area contributed by atoms with Crippen molar-refractivity contribution in [2.45, 2.75) is 0 Å². The molecule has 1 aromatic rings. The lowest BCUT2D eigenvalue weighted by Crippen LogP contribution is -1.82. The second-order valence-corrected chi connectivity index (χ2v) is 2.93. The van der Waals surface area contributed by atoms with Gasteiger partial charge in [-0.2, -0.15) is 0 Å². The maximum atomic E-state index is 12.4. The van der Waals surface area contributed by atoms with Gasteiger partial charge in [-0.3, -0.25) is 0 Å². The lowest BCUT2D eigenvalue weighted by Gasteiger charge is -1.90. The fourth-order valence-electron chi connectivity index (χ4n) is 0.391. The molecule has 0 unspecified atom stereocenters. The number of aromatic nitrogens is 1. The highest BCUT2D eigenvalue weighted by Crippen LogP contribution is 2.13. The monoisotopic (exact) mass is 257 g/mol. The normalized spacial score (nSPS) is 9.67. The van der Waals surface area contributed by atoms with Crippen LogP contribution in [0.4, 0.5) is 4.39 Å². The summed E-state index contributed by atoms with van der Waals surface area (Å²) < 4.78 is 13.0. The van der Waals surface area contributed by atoms with Crippen molar-refractivity contribution in [3.05, 3.63) is 26.8 Å². The van der Waals surface area contributed by atoms with Gasteiger partial charge in [0.25, 0.3) is 0 Å². The molecule has 9 heavy (non-hydrogen) atoms. The molecule has 1 rings (SSSR count). The van der Waals surface area contributed by atoms with Crippen LogP contribution < -0.4 is 0 Å². The summed E-state index contributed by atoms with van der Waals surface area (Å²) in [5, 5.41) is 0.0652. The van der Waals surface area contributed by atoms with E-state index >= 15 is 0 Å². The zero-order valence-corrected chi connectivity index (χ0v) is 7.15. The van der Waals surface area contributed by atoms with Crippen molar-refractivity contribution >= 4 is 34.2 Å². The quantitative estimate of drug-likeness (QED) is 0.514. The van der Waals surface area contributed by atoms with E-state index in [1.807, 2.05) is 22.6 Å². The summed E-state index contributed by atoms with van der Waals surface area (Å²) in [6, 6.07) is 1.28. The molecule has 48 valence electrons. The standard InChI is InChI=1S/C5H2ClFIN/c6-3-2-9-5(8)1-4(3)7/h1-2H. The van der Waals surface area contributed by atoms with Crippen molar-refractivity contribution in [1.82, 2.24) is 4.98 Å². The Balaban J connectivity index is 3.17. The maximum absolute atomic E-state index is 12.4. The van der Waals surface area contributed by atoms with E-state index in [1.54, 1.807) is 0 Å². The second kappa shape index (κ2) is 2.79. The minimum Gasteiger partial charge on any atom is -0.249 e. The first-order valence-electron chi connectivity index (χ1n) is 2.16. The lowest BCUT2D eigenvalue weighted by molar-refractivity contribution is 0.624. The van der Waals surface area contributed by atoms with Crippen LogP contribution in [0.15, 0.2) is 12.3 Å². The average Bonchev–Trinajstić information content (AvgIpc) is 1.80. The molecule has 0 amide bonds. The van der Waals surface area contributed by atoms with Crippen molar-refractivity contribution in [2.24, 2.45) is 0 Å². The molecule has 0 aliphatic heterocycles. The Morgan fingerprint density at radius 3 is 2.78 bits per heavy atom. The van der Waals surface area contributed by atoms with E-state index in [-0.39, 0.29) is 5.02 Å². The van der Waals surface area contributed by atoms with Gasteiger partial charge in [-0.05, 0) is 22.6 Å². The lowest BCUT2D eigenvalue weighted by atomic mass is 10.5. The highest BCUT2D eigenvalue weighted by molar-refractivity contribution is 14.1. The van der Waals surface area contributed by atoms with Crippen LogP contribution in [0, 0.1) is 9.52 Å². The molecule has 1 heterocycles. The first kappa shape index (κ1) is 7.21. The summed E-state index contributed by atoms with van der Waals surface area (Å²) in [4.78, 5) is 3.75. The molecule has 1 nitrogen and oxygen atoms in total. The third-order valence-corrected chi connectivity index (χ3v) is 1.64. The summed E-state index contributed by atoms with van der Waals surface area (Å²) in [6.45, 7) is 0. The fourth-order valence-corrected chi connectivity index (χ4v) is 0.907. The van der Waals surface area contributed by atoms with E-state index in [2.05, 4.69) is 4.98 Å². The van der Waals surface area contributed by atoms with Crippen LogP contribution in [0.3, 0.4) is 0 Å². The van der Waals surface area contributed by atoms with Crippen molar-refractivity contribution in [2.75, 3.05) is 0 Å². The van der Waals surface area contributed by atoms with Crippen LogP contribution in [0.25, 0.3) is 0 Å². The molecule has 0 radical (unpaired) electrons. The topological polar surface area (TPSA) is 12.9 Å². The van der Waals surface area contributed by atoms with Crippen molar-refractivity contribution < 1.29 is 4.39 Å². The van der Waals surface area contributed by atoms with Gasteiger partial charge in [0.1, 0.15) is 9.52 Å². The van der Waals surface area contributed by atoms with Gasteiger partial charge in [0.15, 0.2) is 0 Å². The Hall–Kier alpha value is 0.1000. The van der Waals surface area contributed by atoms with Crippen LogP contribution in [0.1, 0.15) is 0 Å². The van der Waals surface area contributed by atoms with E-state index in [0.29, 0.717) is 3.70 Å². The van der Waals surface area contributed by atoms with Crippen molar-refractivity contribution in [3.8, 4) is 0 Å². The molecule has 0 saturated heterocycles. The van der Waals surface area contributed by atoms with Crippen molar-refractivity contribution in [1.29, 1.82) is 0 Å². The zero-order chi connectivity index (χ0) is 6.85. The highest BCUT2D eigenvalue weighted by Gasteiger charge is 1.97. The van der Waals surface area contributed by atoms with Gasteiger partial charge in [0.2, 0.25) is 0 Å². The van der Waals surface area contributed by atoms with Crippen molar-refractivity contribution in [3.63, 3.8) is 0 Å². The summed E-state index contributed by atoms with van der Waals surface area (Å²) in [5.74, 6) is -0.420. The molecule has 0 aromatic carbocycles. The smallest absolute Gasteiger partial charge is 0.145 e. The molecule has 0 spiro atoms. The summed E-state index contributed by atoms with van der Waals surface area (Å²) in [6.07, 6.45) is 1.29. The first-order valence-corrected chi connectivity index (χ1v) is 3.62. The van der Waals surface area contributed by atoms with Crippen LogP contribution >= 0.6 is 34.2 Å². The Kier molecular flexibility index (Phi) is 2.23. The summed E-state index contributed by atoms with van der Waals surface area (Å²) in [7, 11) is 0. The van der Waals surface area contributed by atoms with E-state index in [9.17, 15) is 4.39 Å². The highest BCUT2D eigenvalue weighted by atomic mass is 127. The molecule has 1 aromatic heterocycles. The van der Waals surface area contributed by atoms with Crippen LogP contribution in [0.2, 0.25) is 5.02 Å². The predicted octanol–water partition coefficient (Wildman–Crippen LogP) is 2.48. The van der Waals surface area contributed by atoms with E-state index in [1.165, 1.54) is 12.3 Å².